The summed E-state index contributed by atoms with van der Waals surface area (Å²) in [6.45, 7) is 4.31. The molecule has 0 aliphatic heterocycles. The van der Waals surface area contributed by atoms with E-state index in [0.717, 1.165) is 0 Å². The van der Waals surface area contributed by atoms with Gasteiger partial charge in [0.15, 0.2) is 0 Å². The molecule has 0 aromatic rings. The maximum absolute atomic E-state index is 12.0. The first-order chi connectivity index (χ1) is 8.49. The number of rotatable bonds is 6. The maximum Gasteiger partial charge on any atom is 0.490 e. The number of halogens is 3. The second kappa shape index (κ2) is 6.74. The Labute approximate surface area is 109 Å². The third kappa shape index (κ3) is 7.00. The zero-order chi connectivity index (χ0) is 15.3. The van der Waals surface area contributed by atoms with Crippen LogP contribution in [0.25, 0.3) is 0 Å². The summed E-state index contributed by atoms with van der Waals surface area (Å²) in [4.78, 5) is 21.7. The summed E-state index contributed by atoms with van der Waals surface area (Å²) >= 11 is 0. The summed E-state index contributed by atoms with van der Waals surface area (Å²) in [6, 6.07) is 0. The Morgan fingerprint density at radius 1 is 1.32 bits per heavy atom. The SMILES string of the molecule is CC(CCCC(C)(C)OC(=O)C(F)(F)F)C(=O)NO. The Morgan fingerprint density at radius 2 is 1.84 bits per heavy atom. The first-order valence-electron chi connectivity index (χ1n) is 5.73. The Morgan fingerprint density at radius 3 is 2.26 bits per heavy atom. The number of hydrogen-bond acceptors (Lipinski definition) is 4. The first kappa shape index (κ1) is 17.7. The summed E-state index contributed by atoms with van der Waals surface area (Å²) in [7, 11) is 0. The normalized spacial score (nSPS) is 13.8. The molecule has 1 atom stereocenters. The van der Waals surface area contributed by atoms with Crippen LogP contribution in [0, 0.1) is 5.92 Å². The molecule has 112 valence electrons. The average molecular weight is 285 g/mol. The molecule has 0 aromatic carbocycles. The van der Waals surface area contributed by atoms with Gasteiger partial charge in [-0.15, -0.1) is 0 Å². The van der Waals surface area contributed by atoms with Crippen molar-refractivity contribution in [3.63, 3.8) is 0 Å². The van der Waals surface area contributed by atoms with Gasteiger partial charge in [0, 0.05) is 5.92 Å². The third-order valence-corrected chi connectivity index (χ3v) is 2.57. The molecule has 5 nitrogen and oxygen atoms in total. The lowest BCUT2D eigenvalue weighted by atomic mass is 9.96. The number of esters is 1. The minimum Gasteiger partial charge on any atom is -0.453 e. The summed E-state index contributed by atoms with van der Waals surface area (Å²) in [5, 5.41) is 8.38. The quantitative estimate of drug-likeness (QED) is 0.445. The van der Waals surface area contributed by atoms with E-state index in [2.05, 4.69) is 4.74 Å². The fraction of sp³-hybridized carbons (Fsp3) is 0.818. The Balaban J connectivity index is 4.18. The van der Waals surface area contributed by atoms with Gasteiger partial charge >= 0.3 is 12.1 Å². The Bertz CT molecular complexity index is 328. The molecule has 0 saturated heterocycles. The second-order valence-electron chi connectivity index (χ2n) is 4.92. The molecular formula is C11H18F3NO4. The number of amides is 1. The summed E-state index contributed by atoms with van der Waals surface area (Å²) in [6.07, 6.45) is -4.09. The first-order valence-corrected chi connectivity index (χ1v) is 5.73. The molecule has 8 heteroatoms. The number of hydroxylamine groups is 1. The highest BCUT2D eigenvalue weighted by Crippen LogP contribution is 2.25. The molecule has 1 amide bonds. The zero-order valence-corrected chi connectivity index (χ0v) is 11.0. The zero-order valence-electron chi connectivity index (χ0n) is 11.0. The highest BCUT2D eigenvalue weighted by atomic mass is 19.4. The average Bonchev–Trinajstić information content (AvgIpc) is 2.25. The lowest BCUT2D eigenvalue weighted by Gasteiger charge is -2.26. The van der Waals surface area contributed by atoms with Crippen molar-refractivity contribution in [3.8, 4) is 0 Å². The smallest absolute Gasteiger partial charge is 0.453 e. The number of alkyl halides is 3. The van der Waals surface area contributed by atoms with E-state index in [9.17, 15) is 22.8 Å². The highest BCUT2D eigenvalue weighted by molar-refractivity contribution is 5.77. The number of carbonyl (C=O) groups excluding carboxylic acids is 2. The van der Waals surface area contributed by atoms with Crippen LogP contribution in [0.3, 0.4) is 0 Å². The van der Waals surface area contributed by atoms with Gasteiger partial charge in [-0.25, -0.2) is 10.3 Å². The van der Waals surface area contributed by atoms with Gasteiger partial charge in [0.1, 0.15) is 5.60 Å². The van der Waals surface area contributed by atoms with Gasteiger partial charge in [0.25, 0.3) is 0 Å². The van der Waals surface area contributed by atoms with Gasteiger partial charge in [0.2, 0.25) is 5.91 Å². The molecular weight excluding hydrogens is 267 g/mol. The minimum absolute atomic E-state index is 0.178. The van der Waals surface area contributed by atoms with Crippen molar-refractivity contribution in [1.29, 1.82) is 0 Å². The fourth-order valence-electron chi connectivity index (χ4n) is 1.44. The third-order valence-electron chi connectivity index (χ3n) is 2.57. The van der Waals surface area contributed by atoms with Crippen molar-refractivity contribution < 1.29 is 32.7 Å². The van der Waals surface area contributed by atoms with Gasteiger partial charge < -0.3 is 4.74 Å². The van der Waals surface area contributed by atoms with Crippen LogP contribution in [0.15, 0.2) is 0 Å². The van der Waals surface area contributed by atoms with Crippen LogP contribution >= 0.6 is 0 Å². The van der Waals surface area contributed by atoms with Crippen LogP contribution in [0.2, 0.25) is 0 Å². The molecule has 0 aliphatic carbocycles. The Hall–Kier alpha value is -1.31. The van der Waals surface area contributed by atoms with E-state index < -0.39 is 29.6 Å². The summed E-state index contributed by atoms with van der Waals surface area (Å²) < 4.78 is 40.4. The van der Waals surface area contributed by atoms with Gasteiger partial charge in [-0.1, -0.05) is 6.92 Å². The van der Waals surface area contributed by atoms with E-state index in [0.29, 0.717) is 12.8 Å². The fourth-order valence-corrected chi connectivity index (χ4v) is 1.44. The van der Waals surface area contributed by atoms with Gasteiger partial charge in [-0.3, -0.25) is 10.0 Å². The molecule has 0 rings (SSSR count). The van der Waals surface area contributed by atoms with Crippen LogP contribution in [-0.2, 0) is 14.3 Å². The minimum atomic E-state index is -5.01. The van der Waals surface area contributed by atoms with Crippen LogP contribution in [-0.4, -0.2) is 28.9 Å². The van der Waals surface area contributed by atoms with Crippen molar-refractivity contribution in [3.05, 3.63) is 0 Å². The molecule has 2 N–H and O–H groups in total. The maximum atomic E-state index is 12.0. The summed E-state index contributed by atoms with van der Waals surface area (Å²) in [5.74, 6) is -3.26. The van der Waals surface area contributed by atoms with Crippen LogP contribution in [0.4, 0.5) is 13.2 Å². The number of hydrogen-bond donors (Lipinski definition) is 2. The summed E-state index contributed by atoms with van der Waals surface area (Å²) in [5.41, 5.74) is 0.230. The molecule has 0 spiro atoms. The predicted molar refractivity (Wildman–Crippen MR) is 59.2 cm³/mol. The molecule has 0 heterocycles. The molecule has 0 saturated carbocycles. The lowest BCUT2D eigenvalue weighted by molar-refractivity contribution is -0.212. The number of ether oxygens (including phenoxy) is 1. The van der Waals surface area contributed by atoms with Gasteiger partial charge in [-0.2, -0.15) is 13.2 Å². The van der Waals surface area contributed by atoms with Crippen LogP contribution < -0.4 is 5.48 Å². The number of carbonyl (C=O) groups is 2. The van der Waals surface area contributed by atoms with Crippen LogP contribution in [0.1, 0.15) is 40.0 Å². The van der Waals surface area contributed by atoms with E-state index in [4.69, 9.17) is 5.21 Å². The van der Waals surface area contributed by atoms with Crippen molar-refractivity contribution in [1.82, 2.24) is 5.48 Å². The molecule has 0 aliphatic rings. The monoisotopic (exact) mass is 285 g/mol. The van der Waals surface area contributed by atoms with Crippen LogP contribution in [0.5, 0.6) is 0 Å². The Kier molecular flexibility index (Phi) is 6.28. The van der Waals surface area contributed by atoms with Gasteiger partial charge in [-0.05, 0) is 33.1 Å². The number of nitrogens with one attached hydrogen (secondary N) is 1. The van der Waals surface area contributed by atoms with E-state index in [-0.39, 0.29) is 6.42 Å². The van der Waals surface area contributed by atoms with Crippen molar-refractivity contribution in [2.24, 2.45) is 5.92 Å². The molecule has 0 radical (unpaired) electrons. The topological polar surface area (TPSA) is 75.6 Å². The lowest BCUT2D eigenvalue weighted by Crippen LogP contribution is -2.35. The molecule has 0 bridgehead atoms. The van der Waals surface area contributed by atoms with E-state index >= 15 is 0 Å². The predicted octanol–water partition coefficient (Wildman–Crippen LogP) is 2.18. The molecule has 19 heavy (non-hydrogen) atoms. The van der Waals surface area contributed by atoms with E-state index in [1.807, 2.05) is 0 Å². The van der Waals surface area contributed by atoms with Crippen molar-refractivity contribution in [2.75, 3.05) is 0 Å². The van der Waals surface area contributed by atoms with Crippen molar-refractivity contribution >= 4 is 11.9 Å². The standard InChI is InChI=1S/C11H18F3NO4/c1-7(8(16)15-18)5-4-6-10(2,3)19-9(17)11(12,13)14/h7,18H,4-6H2,1-3H3,(H,15,16). The van der Waals surface area contributed by atoms with Crippen molar-refractivity contribution in [2.45, 2.75) is 51.8 Å². The largest absolute Gasteiger partial charge is 0.490 e. The molecule has 0 fully saturated rings. The molecule has 1 unspecified atom stereocenters. The second-order valence-corrected chi connectivity index (χ2v) is 4.92. The molecule has 0 aromatic heterocycles. The van der Waals surface area contributed by atoms with E-state index in [1.165, 1.54) is 19.3 Å². The van der Waals surface area contributed by atoms with Gasteiger partial charge in [0.05, 0.1) is 0 Å². The highest BCUT2D eigenvalue weighted by Gasteiger charge is 2.43. The van der Waals surface area contributed by atoms with E-state index in [1.54, 1.807) is 6.92 Å².